The summed E-state index contributed by atoms with van der Waals surface area (Å²) in [7, 11) is 0. The molecule has 0 fully saturated rings. The summed E-state index contributed by atoms with van der Waals surface area (Å²) in [6.07, 6.45) is 1.02. The smallest absolute Gasteiger partial charge is 0.249 e. The normalized spacial score (nSPS) is 10.7. The van der Waals surface area contributed by atoms with Crippen LogP contribution in [-0.4, -0.2) is 24.6 Å². The number of carbonyl (C=O) groups excluding carboxylic acids is 2. The molecule has 0 atom stereocenters. The number of aryl methyl sites for hydroxylation is 1. The van der Waals surface area contributed by atoms with Crippen LogP contribution in [0, 0.1) is 12.7 Å². The maximum absolute atomic E-state index is 12.9. The number of ether oxygens (including phenoxy) is 2. The molecule has 0 radical (unpaired) electrons. The Morgan fingerprint density at radius 1 is 0.941 bits per heavy atom. The van der Waals surface area contributed by atoms with Crippen LogP contribution in [0.5, 0.6) is 11.5 Å². The van der Waals surface area contributed by atoms with Crippen LogP contribution in [0.2, 0.25) is 0 Å². The minimum absolute atomic E-state index is 0.399. The first-order valence-corrected chi connectivity index (χ1v) is 10.8. The van der Waals surface area contributed by atoms with Crippen molar-refractivity contribution < 1.29 is 23.5 Å². The Labute approximate surface area is 197 Å². The highest BCUT2D eigenvalue weighted by molar-refractivity contribution is 6.03. The van der Waals surface area contributed by atoms with Crippen LogP contribution >= 0.6 is 0 Å². The molecule has 0 spiro atoms. The lowest BCUT2D eigenvalue weighted by Crippen LogP contribution is -2.24. The Bertz CT molecular complexity index is 1150. The fourth-order valence-corrected chi connectivity index (χ4v) is 2.94. The van der Waals surface area contributed by atoms with Crippen LogP contribution in [0.3, 0.4) is 0 Å². The zero-order valence-corrected chi connectivity index (χ0v) is 19.0. The molecule has 2 N–H and O–H groups in total. The van der Waals surface area contributed by atoms with E-state index in [2.05, 4.69) is 15.8 Å². The van der Waals surface area contributed by atoms with Crippen molar-refractivity contribution in [2.24, 2.45) is 5.10 Å². The van der Waals surface area contributed by atoms with Gasteiger partial charge in [0.15, 0.2) is 11.5 Å². The minimum Gasteiger partial charge on any atom is -0.490 e. The van der Waals surface area contributed by atoms with Gasteiger partial charge in [0.1, 0.15) is 18.8 Å². The molecule has 3 rings (SSSR count). The maximum Gasteiger partial charge on any atom is 0.249 e. The molecule has 0 bridgehead atoms. The summed E-state index contributed by atoms with van der Waals surface area (Å²) >= 11 is 0. The van der Waals surface area contributed by atoms with E-state index in [9.17, 15) is 14.0 Å². The van der Waals surface area contributed by atoms with E-state index in [1.807, 2.05) is 38.1 Å². The molecule has 0 saturated heterocycles. The van der Waals surface area contributed by atoms with Gasteiger partial charge >= 0.3 is 0 Å². The Kier molecular flexibility index (Phi) is 8.73. The van der Waals surface area contributed by atoms with Crippen LogP contribution in [0.25, 0.3) is 0 Å². The predicted octanol–water partition coefficient (Wildman–Crippen LogP) is 4.59. The molecule has 3 aromatic rings. The van der Waals surface area contributed by atoms with Gasteiger partial charge in [0.25, 0.3) is 0 Å². The van der Waals surface area contributed by atoms with Crippen molar-refractivity contribution in [1.82, 2.24) is 5.43 Å². The second-order valence-corrected chi connectivity index (χ2v) is 7.44. The van der Waals surface area contributed by atoms with Gasteiger partial charge in [-0.05, 0) is 67.4 Å². The first kappa shape index (κ1) is 24.4. The average Bonchev–Trinajstić information content (AvgIpc) is 2.81. The van der Waals surface area contributed by atoms with Gasteiger partial charge in [-0.1, -0.05) is 29.8 Å². The summed E-state index contributed by atoms with van der Waals surface area (Å²) in [4.78, 5) is 23.9. The second kappa shape index (κ2) is 12.2. The van der Waals surface area contributed by atoms with Gasteiger partial charge in [0, 0.05) is 5.69 Å². The number of hydrogen-bond acceptors (Lipinski definition) is 5. The summed E-state index contributed by atoms with van der Waals surface area (Å²) in [5.41, 5.74) is 5.62. The highest BCUT2D eigenvalue weighted by Gasteiger charge is 2.10. The summed E-state index contributed by atoms with van der Waals surface area (Å²) in [6, 6.07) is 18.7. The quantitative estimate of drug-likeness (QED) is 0.261. The van der Waals surface area contributed by atoms with Gasteiger partial charge in [-0.15, -0.1) is 0 Å². The van der Waals surface area contributed by atoms with Gasteiger partial charge in [0.2, 0.25) is 11.8 Å². The molecule has 0 aliphatic carbocycles. The first-order valence-electron chi connectivity index (χ1n) is 10.8. The van der Waals surface area contributed by atoms with Crippen molar-refractivity contribution in [3.05, 3.63) is 89.2 Å². The van der Waals surface area contributed by atoms with E-state index in [0.29, 0.717) is 36.0 Å². The van der Waals surface area contributed by atoms with Crippen LogP contribution in [0.15, 0.2) is 71.8 Å². The zero-order valence-electron chi connectivity index (χ0n) is 19.0. The number of hydrazone groups is 1. The number of carbonyl (C=O) groups is 2. The van der Waals surface area contributed by atoms with Crippen molar-refractivity contribution in [2.75, 3.05) is 11.9 Å². The fraction of sp³-hybridized carbons (Fsp3) is 0.192. The van der Waals surface area contributed by atoms with Gasteiger partial charge in [-0.3, -0.25) is 9.59 Å². The average molecular weight is 464 g/mol. The molecule has 0 aromatic heterocycles. The molecule has 0 heterocycles. The van der Waals surface area contributed by atoms with Crippen LogP contribution in [-0.2, 0) is 16.2 Å². The van der Waals surface area contributed by atoms with E-state index in [4.69, 9.17) is 9.47 Å². The molecule has 7 nitrogen and oxygen atoms in total. The van der Waals surface area contributed by atoms with Crippen LogP contribution < -0.4 is 20.2 Å². The number of hydrogen-bond donors (Lipinski definition) is 2. The van der Waals surface area contributed by atoms with Crippen molar-refractivity contribution in [3.63, 3.8) is 0 Å². The number of rotatable bonds is 10. The van der Waals surface area contributed by atoms with E-state index in [1.54, 1.807) is 18.2 Å². The molecule has 0 aliphatic heterocycles. The molecule has 0 aliphatic rings. The number of anilines is 1. The Morgan fingerprint density at radius 2 is 1.68 bits per heavy atom. The van der Waals surface area contributed by atoms with Crippen LogP contribution in [0.1, 0.15) is 30.0 Å². The molecule has 8 heteroatoms. The van der Waals surface area contributed by atoms with Gasteiger partial charge in [-0.2, -0.15) is 5.10 Å². The Hall–Kier alpha value is -4.20. The summed E-state index contributed by atoms with van der Waals surface area (Å²) in [5.74, 6) is -0.375. The number of nitrogens with one attached hydrogen (secondary N) is 2. The minimum atomic E-state index is -0.584. The number of halogens is 1. The van der Waals surface area contributed by atoms with E-state index in [1.165, 1.54) is 36.0 Å². The molecule has 0 saturated carbocycles. The predicted molar refractivity (Wildman–Crippen MR) is 129 cm³/mol. The molecular formula is C26H26FN3O4. The van der Waals surface area contributed by atoms with Crippen molar-refractivity contribution in [3.8, 4) is 11.5 Å². The summed E-state index contributed by atoms with van der Waals surface area (Å²) in [5, 5.41) is 6.41. The second-order valence-electron chi connectivity index (χ2n) is 7.44. The van der Waals surface area contributed by atoms with E-state index in [-0.39, 0.29) is 0 Å². The Balaban J connectivity index is 1.53. The zero-order chi connectivity index (χ0) is 24.3. The standard InChI is InChI=1S/C26H26FN3O4/c1-3-33-24-14-20(8-13-23(24)34-17-19-6-4-18(2)5-7-19)16-28-30-26(32)15-25(31)29-22-11-9-21(27)10-12-22/h4-14,16H,3,15,17H2,1-2H3,(H,29,31)(H,30,32). The third-order valence-electron chi connectivity index (χ3n) is 4.63. The largest absolute Gasteiger partial charge is 0.490 e. The number of nitrogens with zero attached hydrogens (tertiary/aromatic N) is 1. The monoisotopic (exact) mass is 463 g/mol. The molecule has 3 aromatic carbocycles. The highest BCUT2D eigenvalue weighted by atomic mass is 19.1. The topological polar surface area (TPSA) is 89.0 Å². The van der Waals surface area contributed by atoms with Gasteiger partial charge in [-0.25, -0.2) is 9.82 Å². The van der Waals surface area contributed by atoms with Crippen LogP contribution in [0.4, 0.5) is 10.1 Å². The van der Waals surface area contributed by atoms with Gasteiger partial charge in [0.05, 0.1) is 12.8 Å². The molecule has 2 amide bonds. The summed E-state index contributed by atoms with van der Waals surface area (Å²) < 4.78 is 24.5. The lowest BCUT2D eigenvalue weighted by Gasteiger charge is -2.12. The third kappa shape index (κ3) is 7.74. The summed E-state index contributed by atoms with van der Waals surface area (Å²) in [6.45, 7) is 4.77. The van der Waals surface area contributed by atoms with Crippen molar-refractivity contribution >= 4 is 23.7 Å². The van der Waals surface area contributed by atoms with E-state index < -0.39 is 24.1 Å². The van der Waals surface area contributed by atoms with E-state index >= 15 is 0 Å². The highest BCUT2D eigenvalue weighted by Crippen LogP contribution is 2.29. The van der Waals surface area contributed by atoms with Crippen molar-refractivity contribution in [2.45, 2.75) is 26.9 Å². The van der Waals surface area contributed by atoms with Crippen molar-refractivity contribution in [1.29, 1.82) is 0 Å². The third-order valence-corrected chi connectivity index (χ3v) is 4.63. The molecule has 176 valence electrons. The van der Waals surface area contributed by atoms with E-state index in [0.717, 1.165) is 5.56 Å². The number of amides is 2. The fourth-order valence-electron chi connectivity index (χ4n) is 2.94. The lowest BCUT2D eigenvalue weighted by atomic mass is 10.2. The molecular weight excluding hydrogens is 437 g/mol. The number of benzene rings is 3. The molecule has 0 unspecified atom stereocenters. The lowest BCUT2D eigenvalue weighted by molar-refractivity contribution is -0.126. The van der Waals surface area contributed by atoms with Gasteiger partial charge < -0.3 is 14.8 Å². The maximum atomic E-state index is 12.9. The first-order chi connectivity index (χ1) is 16.4. The molecule has 34 heavy (non-hydrogen) atoms. The SMILES string of the molecule is CCOc1cc(C=NNC(=O)CC(=O)Nc2ccc(F)cc2)ccc1OCc1ccc(C)cc1. The Morgan fingerprint density at radius 3 is 2.38 bits per heavy atom.